The van der Waals surface area contributed by atoms with E-state index in [1.807, 2.05) is 78.1 Å². The molecule has 4 heterocycles. The van der Waals surface area contributed by atoms with Crippen LogP contribution in [0.15, 0.2) is 67.5 Å². The van der Waals surface area contributed by atoms with Crippen LogP contribution in [0, 0.1) is 17.8 Å². The van der Waals surface area contributed by atoms with Gasteiger partial charge in [0.25, 0.3) is 0 Å². The first kappa shape index (κ1) is 56.8. The lowest BCUT2D eigenvalue weighted by Gasteiger charge is -2.41. The van der Waals surface area contributed by atoms with E-state index in [-0.39, 0.29) is 56.0 Å². The number of hydrogen-bond donors (Lipinski definition) is 4. The van der Waals surface area contributed by atoms with Gasteiger partial charge in [-0.15, -0.1) is 6.58 Å². The monoisotopic (exact) mass is 1050 g/mol. The third-order valence-electron chi connectivity index (χ3n) is 15.4. The Morgan fingerprint density at radius 3 is 2.11 bits per heavy atom. The molecular formula is C57H77FN10O8. The minimum Gasteiger partial charge on any atom is -0.431 e. The van der Waals surface area contributed by atoms with Crippen molar-refractivity contribution in [3.63, 3.8) is 0 Å². The summed E-state index contributed by atoms with van der Waals surface area (Å²) in [5.41, 5.74) is 2.01. The number of fused-ring (bicyclic) bond motifs is 4. The highest BCUT2D eigenvalue weighted by molar-refractivity contribution is 5.99. The number of amides is 7. The average molecular weight is 1050 g/mol. The number of carbonyl (C=O) groups excluding carboxylic acids is 7. The third-order valence-corrected chi connectivity index (χ3v) is 15.4. The van der Waals surface area contributed by atoms with E-state index in [1.165, 1.54) is 41.9 Å². The smallest absolute Gasteiger partial charge is 0.319 e. The zero-order valence-corrected chi connectivity index (χ0v) is 45.6. The Bertz CT molecular complexity index is 2810. The SMILES string of the molecule is C=CC(C)(C)n1cc(C[C@@H]2NC(=O)[C@H](CC3CCC3)NC(=O)[C@H](CC(C)C)N3CCC[C@@H](C3=O)N(C)C(=O)[C@H](C)NC(=O)[C@H](Cc3ccc4cnc(OCF)nc4c3)NC(=O)[C@H](CC(C)C)N(C)C2=O)c2ccccc21. The van der Waals surface area contributed by atoms with Crippen molar-refractivity contribution in [3.05, 3.63) is 78.6 Å². The molecule has 76 heavy (non-hydrogen) atoms. The van der Waals surface area contributed by atoms with Crippen LogP contribution in [0.3, 0.4) is 0 Å². The van der Waals surface area contributed by atoms with Gasteiger partial charge in [0.2, 0.25) is 48.2 Å². The van der Waals surface area contributed by atoms with Crippen molar-refractivity contribution < 1.29 is 42.7 Å². The first-order chi connectivity index (χ1) is 36.1. The minimum atomic E-state index is -1.33. The van der Waals surface area contributed by atoms with Crippen molar-refractivity contribution in [1.29, 1.82) is 0 Å². The van der Waals surface area contributed by atoms with E-state index in [0.29, 0.717) is 35.7 Å². The van der Waals surface area contributed by atoms with Gasteiger partial charge in [-0.2, -0.15) is 4.98 Å². The molecule has 0 unspecified atom stereocenters. The van der Waals surface area contributed by atoms with E-state index in [0.717, 1.165) is 35.7 Å². The summed E-state index contributed by atoms with van der Waals surface area (Å²) in [6.07, 6.45) is 9.38. The number of aromatic nitrogens is 3. The molecule has 7 rings (SSSR count). The fourth-order valence-corrected chi connectivity index (χ4v) is 10.7. The number of hydrogen-bond acceptors (Lipinski definition) is 10. The van der Waals surface area contributed by atoms with Crippen molar-refractivity contribution in [1.82, 2.24) is 50.5 Å². The lowest BCUT2D eigenvalue weighted by Crippen LogP contribution is -2.62. The number of piperidine rings is 1. The summed E-state index contributed by atoms with van der Waals surface area (Å²) in [4.78, 5) is 117. The molecule has 3 fully saturated rings. The Morgan fingerprint density at radius 2 is 1.43 bits per heavy atom. The van der Waals surface area contributed by atoms with E-state index in [4.69, 9.17) is 4.74 Å². The molecule has 4 aromatic rings. The van der Waals surface area contributed by atoms with E-state index in [9.17, 15) is 23.6 Å². The lowest BCUT2D eigenvalue weighted by molar-refractivity contribution is -0.153. The fourth-order valence-electron chi connectivity index (χ4n) is 10.7. The maximum Gasteiger partial charge on any atom is 0.319 e. The van der Waals surface area contributed by atoms with Crippen molar-refractivity contribution in [3.8, 4) is 6.01 Å². The number of rotatable bonds is 14. The number of nitrogens with zero attached hydrogens (tertiary/aromatic N) is 6. The number of likely N-dealkylation sites (N-methyl/N-ethyl adjacent to an activating group) is 2. The second-order valence-corrected chi connectivity index (χ2v) is 22.4. The summed E-state index contributed by atoms with van der Waals surface area (Å²) in [5, 5.41) is 13.3. The van der Waals surface area contributed by atoms with Crippen LogP contribution in [0.4, 0.5) is 4.39 Å². The Labute approximate surface area is 445 Å². The Balaban J connectivity index is 1.34. The van der Waals surface area contributed by atoms with Crippen LogP contribution in [0.2, 0.25) is 0 Å². The highest BCUT2D eigenvalue weighted by atomic mass is 19.1. The number of carbonyl (C=O) groups is 7. The largest absolute Gasteiger partial charge is 0.431 e. The number of nitrogens with one attached hydrogen (secondary N) is 4. The molecule has 18 nitrogen and oxygen atoms in total. The number of halogens is 1. The molecule has 2 aliphatic heterocycles. The zero-order valence-electron chi connectivity index (χ0n) is 45.6. The topological polar surface area (TPSA) is 217 Å². The summed E-state index contributed by atoms with van der Waals surface area (Å²) in [6, 6.07) is 4.71. The van der Waals surface area contributed by atoms with Gasteiger partial charge in [0.1, 0.15) is 42.3 Å². The van der Waals surface area contributed by atoms with Crippen molar-refractivity contribution in [2.75, 3.05) is 27.5 Å². The quantitative estimate of drug-likeness (QED) is 0.116. The molecule has 410 valence electrons. The maximum atomic E-state index is 15.5. The van der Waals surface area contributed by atoms with Crippen LogP contribution in [-0.4, -0.2) is 140 Å². The molecule has 3 aliphatic rings. The van der Waals surface area contributed by atoms with Gasteiger partial charge in [0.15, 0.2) is 0 Å². The predicted molar refractivity (Wildman–Crippen MR) is 287 cm³/mol. The molecule has 1 saturated carbocycles. The second kappa shape index (κ2) is 24.4. The molecule has 19 heteroatoms. The minimum absolute atomic E-state index is 0.00344. The highest BCUT2D eigenvalue weighted by Gasteiger charge is 2.43. The highest BCUT2D eigenvalue weighted by Crippen LogP contribution is 2.33. The van der Waals surface area contributed by atoms with Gasteiger partial charge in [0, 0.05) is 62.2 Å². The number of alkyl halides is 1. The number of para-hydroxylation sites is 1. The maximum absolute atomic E-state index is 15.5. The van der Waals surface area contributed by atoms with Crippen LogP contribution in [0.5, 0.6) is 6.01 Å². The standard InChI is InChI=1S/C57H77FN10O8/c1-11-57(7,8)68-31-39(40-18-12-13-19-45(40)68)29-44-54(74)66(10)47(24-33(2)3)51(71)61-43(28-37-21-22-38-30-59-56(76-32-58)64-41(38)27-37)49(69)60-35(6)53(73)65(9)46-20-15-23-67(55(46)75)48(25-34(4)5)52(72)62-42(50(70)63-44)26-36-16-14-17-36/h11-13,18-19,21-22,27,30-31,33-36,42-44,46-48H,1,14-17,20,23-26,28-29,32H2,2-10H3,(H,60,69)(H,61,71)(H,62,72)(H,63,70)/t35-,42-,43-,44-,46-,47-,48-/m0/s1. The molecule has 1 aliphatic carbocycles. The molecule has 2 aromatic carbocycles. The van der Waals surface area contributed by atoms with Crippen LogP contribution < -0.4 is 26.0 Å². The number of allylic oxidation sites excluding steroid dienone is 1. The van der Waals surface area contributed by atoms with Gasteiger partial charge in [-0.1, -0.05) is 83.4 Å². The summed E-state index contributed by atoms with van der Waals surface area (Å²) in [6.45, 7) is 16.4. The van der Waals surface area contributed by atoms with Gasteiger partial charge in [-0.25, -0.2) is 9.37 Å². The molecule has 0 spiro atoms. The van der Waals surface area contributed by atoms with Gasteiger partial charge < -0.3 is 45.3 Å². The van der Waals surface area contributed by atoms with Crippen LogP contribution >= 0.6 is 0 Å². The van der Waals surface area contributed by atoms with Gasteiger partial charge in [-0.3, -0.25) is 33.6 Å². The molecule has 7 amide bonds. The van der Waals surface area contributed by atoms with Crippen LogP contribution in [-0.2, 0) is 51.9 Å². The van der Waals surface area contributed by atoms with E-state index in [1.54, 1.807) is 18.2 Å². The molecule has 7 atom stereocenters. The summed E-state index contributed by atoms with van der Waals surface area (Å²) >= 11 is 0. The van der Waals surface area contributed by atoms with Crippen molar-refractivity contribution >= 4 is 63.2 Å². The van der Waals surface area contributed by atoms with E-state index >= 15 is 14.4 Å². The molecule has 2 bridgehead atoms. The first-order valence-corrected chi connectivity index (χ1v) is 26.8. The van der Waals surface area contributed by atoms with E-state index in [2.05, 4.69) is 42.4 Å². The average Bonchev–Trinajstić information content (AvgIpc) is 3.76. The summed E-state index contributed by atoms with van der Waals surface area (Å²) in [7, 11) is 3.01. The number of ether oxygens (including phenoxy) is 1. The Morgan fingerprint density at radius 1 is 0.776 bits per heavy atom. The van der Waals surface area contributed by atoms with Gasteiger partial charge in [0.05, 0.1) is 11.1 Å². The normalized spacial score (nSPS) is 24.3. The van der Waals surface area contributed by atoms with Gasteiger partial charge in [-0.05, 0) is 93.9 Å². The Hall–Kier alpha value is -6.92. The Kier molecular flexibility index (Phi) is 18.2. The van der Waals surface area contributed by atoms with Crippen molar-refractivity contribution in [2.24, 2.45) is 17.8 Å². The summed E-state index contributed by atoms with van der Waals surface area (Å²) < 4.78 is 20.1. The predicted octanol–water partition coefficient (Wildman–Crippen LogP) is 5.50. The summed E-state index contributed by atoms with van der Waals surface area (Å²) in [5.74, 6) is -4.12. The molecule has 2 saturated heterocycles. The molecule has 0 radical (unpaired) electrons. The molecule has 2 aromatic heterocycles. The molecular weight excluding hydrogens is 972 g/mol. The third kappa shape index (κ3) is 13.0. The van der Waals surface area contributed by atoms with Crippen molar-refractivity contribution in [2.45, 2.75) is 161 Å². The fraction of sp³-hybridized carbons (Fsp3) is 0.561. The van der Waals surface area contributed by atoms with Gasteiger partial charge >= 0.3 is 6.01 Å². The van der Waals surface area contributed by atoms with Crippen LogP contribution in [0.1, 0.15) is 111 Å². The first-order valence-electron chi connectivity index (χ1n) is 26.8. The molecule has 4 N–H and O–H groups in total. The number of benzene rings is 2. The lowest BCUT2D eigenvalue weighted by atomic mass is 9.80. The zero-order chi connectivity index (χ0) is 55.2. The van der Waals surface area contributed by atoms with E-state index < -0.39 is 96.0 Å². The second-order valence-electron chi connectivity index (χ2n) is 22.4. The van der Waals surface area contributed by atoms with Crippen LogP contribution in [0.25, 0.3) is 21.8 Å².